The Kier molecular flexibility index (Phi) is 2.03. The SMILES string of the molecule is O[C@H]1CC=CC[C@H]2[C@H]3C[C@H]([C@H]4CCC[C@H]43)[C@H]21. The molecule has 4 aliphatic carbocycles. The molecule has 3 fully saturated rings. The van der Waals surface area contributed by atoms with Gasteiger partial charge in [-0.25, -0.2) is 0 Å². The lowest BCUT2D eigenvalue weighted by molar-refractivity contribution is 0.0108. The number of hydrogen-bond acceptors (Lipinski definition) is 1. The van der Waals surface area contributed by atoms with Crippen molar-refractivity contribution in [3.63, 3.8) is 0 Å². The molecule has 4 rings (SSSR count). The first-order valence-electron chi connectivity index (χ1n) is 7.19. The predicted molar refractivity (Wildman–Crippen MR) is 63.8 cm³/mol. The van der Waals surface area contributed by atoms with Crippen LogP contribution in [-0.4, -0.2) is 11.2 Å². The Hall–Kier alpha value is -0.300. The summed E-state index contributed by atoms with van der Waals surface area (Å²) in [6.07, 6.45) is 12.6. The third kappa shape index (κ3) is 1.11. The Morgan fingerprint density at radius 1 is 0.812 bits per heavy atom. The van der Waals surface area contributed by atoms with Gasteiger partial charge in [-0.3, -0.25) is 0 Å². The van der Waals surface area contributed by atoms with Crippen molar-refractivity contribution in [1.82, 2.24) is 0 Å². The van der Waals surface area contributed by atoms with Crippen LogP contribution >= 0.6 is 0 Å². The number of rotatable bonds is 0. The van der Waals surface area contributed by atoms with Crippen molar-refractivity contribution in [2.75, 3.05) is 0 Å². The molecule has 0 aromatic heterocycles. The lowest BCUT2D eigenvalue weighted by Gasteiger charge is -2.39. The fourth-order valence-electron chi connectivity index (χ4n) is 5.83. The summed E-state index contributed by atoms with van der Waals surface area (Å²) in [6, 6.07) is 0. The van der Waals surface area contributed by atoms with Crippen molar-refractivity contribution in [3.05, 3.63) is 12.2 Å². The zero-order valence-electron chi connectivity index (χ0n) is 9.89. The van der Waals surface area contributed by atoms with Crippen LogP contribution in [0.4, 0.5) is 0 Å². The third-order valence-corrected chi connectivity index (χ3v) is 6.20. The second kappa shape index (κ2) is 3.35. The van der Waals surface area contributed by atoms with E-state index in [0.29, 0.717) is 5.92 Å². The van der Waals surface area contributed by atoms with Crippen LogP contribution in [0.2, 0.25) is 0 Å². The quantitative estimate of drug-likeness (QED) is 0.620. The van der Waals surface area contributed by atoms with E-state index in [1.165, 1.54) is 32.1 Å². The average molecular weight is 218 g/mol. The lowest BCUT2D eigenvalue weighted by atomic mass is 9.67. The van der Waals surface area contributed by atoms with Gasteiger partial charge in [0.05, 0.1) is 6.10 Å². The fraction of sp³-hybridized carbons (Fsp3) is 0.867. The zero-order chi connectivity index (χ0) is 10.7. The van der Waals surface area contributed by atoms with Gasteiger partial charge in [0.25, 0.3) is 0 Å². The molecule has 88 valence electrons. The van der Waals surface area contributed by atoms with Gasteiger partial charge < -0.3 is 5.11 Å². The molecule has 0 saturated heterocycles. The standard InChI is InChI=1S/C15H22O/c16-14-7-2-1-4-11-12-8-13(15(11)14)10-6-3-5-9(10)12/h1-2,9-16H,3-8H2/t9-,10+,11+,12+,13-,14+,15+/m1/s1. The molecule has 1 N–H and O–H groups in total. The summed E-state index contributed by atoms with van der Waals surface area (Å²) in [5, 5.41) is 10.4. The smallest absolute Gasteiger partial charge is 0.0608 e. The van der Waals surface area contributed by atoms with E-state index in [4.69, 9.17) is 0 Å². The normalized spacial score (nSPS) is 58.4. The highest BCUT2D eigenvalue weighted by Crippen LogP contribution is 2.65. The van der Waals surface area contributed by atoms with E-state index in [1.54, 1.807) is 0 Å². The molecule has 0 heterocycles. The van der Waals surface area contributed by atoms with Crippen molar-refractivity contribution in [2.24, 2.45) is 35.5 Å². The van der Waals surface area contributed by atoms with Gasteiger partial charge >= 0.3 is 0 Å². The summed E-state index contributed by atoms with van der Waals surface area (Å²) in [6.45, 7) is 0. The topological polar surface area (TPSA) is 20.2 Å². The maximum Gasteiger partial charge on any atom is 0.0608 e. The molecule has 0 amide bonds. The Morgan fingerprint density at radius 3 is 2.44 bits per heavy atom. The van der Waals surface area contributed by atoms with Gasteiger partial charge in [0.15, 0.2) is 0 Å². The maximum atomic E-state index is 10.4. The number of aliphatic hydroxyl groups is 1. The second-order valence-corrected chi connectivity index (χ2v) is 6.57. The molecule has 3 saturated carbocycles. The number of allylic oxidation sites excluding steroid dienone is 1. The first-order chi connectivity index (χ1) is 7.86. The predicted octanol–water partition coefficient (Wildman–Crippen LogP) is 3.00. The summed E-state index contributed by atoms with van der Waals surface area (Å²) < 4.78 is 0. The Balaban J connectivity index is 1.69. The monoisotopic (exact) mass is 218 g/mol. The minimum atomic E-state index is -0.0275. The van der Waals surface area contributed by atoms with Gasteiger partial charge in [-0.2, -0.15) is 0 Å². The molecule has 4 aliphatic rings. The largest absolute Gasteiger partial charge is 0.392 e. The van der Waals surface area contributed by atoms with Crippen molar-refractivity contribution >= 4 is 0 Å². The van der Waals surface area contributed by atoms with Crippen molar-refractivity contribution < 1.29 is 5.11 Å². The highest BCUT2D eigenvalue weighted by Gasteiger charge is 2.59. The number of hydrogen-bond donors (Lipinski definition) is 1. The van der Waals surface area contributed by atoms with Crippen LogP contribution in [0.1, 0.15) is 38.5 Å². The molecule has 1 nitrogen and oxygen atoms in total. The van der Waals surface area contributed by atoms with Crippen molar-refractivity contribution in [1.29, 1.82) is 0 Å². The summed E-state index contributed by atoms with van der Waals surface area (Å²) in [5.41, 5.74) is 0. The molecule has 0 spiro atoms. The van der Waals surface area contributed by atoms with E-state index < -0.39 is 0 Å². The van der Waals surface area contributed by atoms with Gasteiger partial charge in [-0.1, -0.05) is 18.6 Å². The first kappa shape index (κ1) is 9.70. The average Bonchev–Trinajstić information content (AvgIpc) is 2.91. The zero-order valence-corrected chi connectivity index (χ0v) is 9.89. The van der Waals surface area contributed by atoms with Crippen LogP contribution in [0.3, 0.4) is 0 Å². The van der Waals surface area contributed by atoms with Crippen LogP contribution in [0.25, 0.3) is 0 Å². The van der Waals surface area contributed by atoms with Crippen LogP contribution in [0, 0.1) is 35.5 Å². The minimum absolute atomic E-state index is 0.0275. The molecule has 0 aromatic carbocycles. The Labute approximate surface area is 97.9 Å². The molecular formula is C15H22O. The van der Waals surface area contributed by atoms with Gasteiger partial charge in [0.2, 0.25) is 0 Å². The van der Waals surface area contributed by atoms with Gasteiger partial charge in [0, 0.05) is 0 Å². The van der Waals surface area contributed by atoms with Crippen LogP contribution in [0.5, 0.6) is 0 Å². The lowest BCUT2D eigenvalue weighted by Crippen LogP contribution is -2.38. The van der Waals surface area contributed by atoms with Crippen molar-refractivity contribution in [2.45, 2.75) is 44.6 Å². The van der Waals surface area contributed by atoms with Gasteiger partial charge in [-0.15, -0.1) is 0 Å². The van der Waals surface area contributed by atoms with Crippen LogP contribution in [-0.2, 0) is 0 Å². The molecule has 2 bridgehead atoms. The van der Waals surface area contributed by atoms with Crippen LogP contribution < -0.4 is 0 Å². The van der Waals surface area contributed by atoms with Crippen LogP contribution in [0.15, 0.2) is 12.2 Å². The summed E-state index contributed by atoms with van der Waals surface area (Å²) >= 11 is 0. The highest BCUT2D eigenvalue weighted by molar-refractivity contribution is 5.11. The highest BCUT2D eigenvalue weighted by atomic mass is 16.3. The van der Waals surface area contributed by atoms with E-state index in [-0.39, 0.29) is 6.10 Å². The molecule has 0 aliphatic heterocycles. The van der Waals surface area contributed by atoms with E-state index in [2.05, 4.69) is 12.2 Å². The van der Waals surface area contributed by atoms with E-state index in [1.807, 2.05) is 0 Å². The molecular weight excluding hydrogens is 196 g/mol. The minimum Gasteiger partial charge on any atom is -0.392 e. The molecule has 0 aromatic rings. The first-order valence-corrected chi connectivity index (χ1v) is 7.19. The molecule has 16 heavy (non-hydrogen) atoms. The molecule has 0 radical (unpaired) electrons. The van der Waals surface area contributed by atoms with Crippen molar-refractivity contribution in [3.8, 4) is 0 Å². The Morgan fingerprint density at radius 2 is 1.56 bits per heavy atom. The van der Waals surface area contributed by atoms with E-state index in [9.17, 15) is 5.11 Å². The third-order valence-electron chi connectivity index (χ3n) is 6.20. The van der Waals surface area contributed by atoms with Gasteiger partial charge in [0.1, 0.15) is 0 Å². The van der Waals surface area contributed by atoms with E-state index in [0.717, 1.165) is 36.0 Å². The van der Waals surface area contributed by atoms with Gasteiger partial charge in [-0.05, 0) is 67.6 Å². The molecule has 7 atom stereocenters. The maximum absolute atomic E-state index is 10.4. The fourth-order valence-corrected chi connectivity index (χ4v) is 5.83. The summed E-state index contributed by atoms with van der Waals surface area (Å²) in [5.74, 6) is 5.39. The molecule has 1 heteroatoms. The summed E-state index contributed by atoms with van der Waals surface area (Å²) in [7, 11) is 0. The summed E-state index contributed by atoms with van der Waals surface area (Å²) in [4.78, 5) is 0. The Bertz CT molecular complexity index is 321. The molecule has 0 unspecified atom stereocenters. The number of aliphatic hydroxyl groups excluding tert-OH is 1. The second-order valence-electron chi connectivity index (χ2n) is 6.57. The number of fused-ring (bicyclic) bond motifs is 8. The van der Waals surface area contributed by atoms with E-state index >= 15 is 0 Å².